The highest BCUT2D eigenvalue weighted by molar-refractivity contribution is 5.94. The van der Waals surface area contributed by atoms with Crippen LogP contribution in [0.1, 0.15) is 24.2 Å². The summed E-state index contributed by atoms with van der Waals surface area (Å²) in [6, 6.07) is 5.48. The molecule has 1 amide bonds. The van der Waals surface area contributed by atoms with Crippen molar-refractivity contribution in [2.75, 3.05) is 6.54 Å². The lowest BCUT2D eigenvalue weighted by atomic mass is 10.2. The second kappa shape index (κ2) is 5.29. The summed E-state index contributed by atoms with van der Waals surface area (Å²) < 4.78 is 12.6. The van der Waals surface area contributed by atoms with Gasteiger partial charge in [0.15, 0.2) is 0 Å². The molecule has 0 saturated carbocycles. The van der Waals surface area contributed by atoms with Crippen LogP contribution in [0.25, 0.3) is 0 Å². The second-order valence-corrected chi connectivity index (χ2v) is 3.50. The molecule has 0 aliphatic carbocycles. The van der Waals surface area contributed by atoms with Gasteiger partial charge in [0.2, 0.25) is 0 Å². The first-order valence-electron chi connectivity index (χ1n) is 4.76. The average molecular weight is 207 g/mol. The fourth-order valence-electron chi connectivity index (χ4n) is 1.05. The van der Waals surface area contributed by atoms with Crippen LogP contribution in [0, 0.1) is 5.82 Å². The fraction of sp³-hybridized carbons (Fsp3) is 0.250. The molecule has 0 aliphatic rings. The zero-order valence-corrected chi connectivity index (χ0v) is 8.88. The molecule has 1 N–H and O–H groups in total. The van der Waals surface area contributed by atoms with Crippen molar-refractivity contribution in [3.8, 4) is 0 Å². The lowest BCUT2D eigenvalue weighted by molar-refractivity contribution is 0.0958. The lowest BCUT2D eigenvalue weighted by Crippen LogP contribution is -2.23. The average Bonchev–Trinajstić information content (AvgIpc) is 2.18. The maximum Gasteiger partial charge on any atom is 0.251 e. The van der Waals surface area contributed by atoms with E-state index in [0.29, 0.717) is 12.1 Å². The number of carbonyl (C=O) groups excluding carboxylic acids is 1. The van der Waals surface area contributed by atoms with E-state index in [2.05, 4.69) is 5.32 Å². The molecule has 0 aromatic heterocycles. The summed E-state index contributed by atoms with van der Waals surface area (Å²) in [5.41, 5.74) is 1.62. The molecular formula is C12H14FNO. The Balaban J connectivity index is 2.54. The number of nitrogens with one attached hydrogen (secondary N) is 1. The number of allylic oxidation sites excluding steroid dienone is 1. The van der Waals surface area contributed by atoms with Gasteiger partial charge < -0.3 is 5.32 Å². The van der Waals surface area contributed by atoms with Crippen LogP contribution in [-0.2, 0) is 0 Å². The van der Waals surface area contributed by atoms with Crippen molar-refractivity contribution < 1.29 is 9.18 Å². The molecule has 0 fully saturated rings. The minimum atomic E-state index is -0.337. The predicted octanol–water partition coefficient (Wildman–Crippen LogP) is 2.52. The molecule has 0 saturated heterocycles. The van der Waals surface area contributed by atoms with Crippen molar-refractivity contribution in [1.29, 1.82) is 0 Å². The third kappa shape index (κ3) is 3.94. The number of amides is 1. The zero-order chi connectivity index (χ0) is 11.3. The van der Waals surface area contributed by atoms with Gasteiger partial charge in [0.05, 0.1) is 0 Å². The van der Waals surface area contributed by atoms with Crippen molar-refractivity contribution in [3.05, 3.63) is 47.3 Å². The van der Waals surface area contributed by atoms with Gasteiger partial charge in [0, 0.05) is 12.1 Å². The Morgan fingerprint density at radius 1 is 1.33 bits per heavy atom. The summed E-state index contributed by atoms with van der Waals surface area (Å²) in [6.07, 6.45) is 1.92. The fourth-order valence-corrected chi connectivity index (χ4v) is 1.05. The van der Waals surface area contributed by atoms with E-state index in [1.165, 1.54) is 24.3 Å². The van der Waals surface area contributed by atoms with Gasteiger partial charge in [-0.25, -0.2) is 4.39 Å². The Kier molecular flexibility index (Phi) is 4.03. The Morgan fingerprint density at radius 2 is 1.93 bits per heavy atom. The SMILES string of the molecule is CC(C)=CCNC(=O)c1ccc(F)cc1. The molecule has 0 unspecified atom stereocenters. The highest BCUT2D eigenvalue weighted by Gasteiger charge is 2.02. The molecule has 1 rings (SSSR count). The summed E-state index contributed by atoms with van der Waals surface area (Å²) in [6.45, 7) is 4.42. The largest absolute Gasteiger partial charge is 0.349 e. The van der Waals surface area contributed by atoms with Crippen molar-refractivity contribution in [1.82, 2.24) is 5.32 Å². The van der Waals surface area contributed by atoms with Gasteiger partial charge in [-0.3, -0.25) is 4.79 Å². The van der Waals surface area contributed by atoms with Crippen molar-refractivity contribution in [2.45, 2.75) is 13.8 Å². The van der Waals surface area contributed by atoms with Crippen LogP contribution in [0.15, 0.2) is 35.9 Å². The van der Waals surface area contributed by atoms with Gasteiger partial charge in [0.25, 0.3) is 5.91 Å². The standard InChI is InChI=1S/C12H14FNO/c1-9(2)7-8-14-12(15)10-3-5-11(13)6-4-10/h3-7H,8H2,1-2H3,(H,14,15). The van der Waals surface area contributed by atoms with Crippen LogP contribution in [0.3, 0.4) is 0 Å². The first-order valence-corrected chi connectivity index (χ1v) is 4.76. The molecule has 0 spiro atoms. The predicted molar refractivity (Wildman–Crippen MR) is 58.2 cm³/mol. The van der Waals surface area contributed by atoms with Crippen LogP contribution < -0.4 is 5.32 Å². The third-order valence-electron chi connectivity index (χ3n) is 1.88. The number of rotatable bonds is 3. The van der Waals surface area contributed by atoms with Crippen molar-refractivity contribution >= 4 is 5.91 Å². The van der Waals surface area contributed by atoms with Gasteiger partial charge in [-0.1, -0.05) is 11.6 Å². The molecular weight excluding hydrogens is 193 g/mol. The van der Waals surface area contributed by atoms with Crippen molar-refractivity contribution in [3.63, 3.8) is 0 Å². The molecule has 0 aliphatic heterocycles. The molecule has 3 heteroatoms. The van der Waals surface area contributed by atoms with Crippen LogP contribution in [-0.4, -0.2) is 12.5 Å². The summed E-state index contributed by atoms with van der Waals surface area (Å²) in [5.74, 6) is -0.525. The molecule has 1 aromatic carbocycles. The summed E-state index contributed by atoms with van der Waals surface area (Å²) in [4.78, 5) is 11.5. The lowest BCUT2D eigenvalue weighted by Gasteiger charge is -2.02. The van der Waals surface area contributed by atoms with Crippen LogP contribution >= 0.6 is 0 Å². The minimum Gasteiger partial charge on any atom is -0.349 e. The smallest absolute Gasteiger partial charge is 0.251 e. The Morgan fingerprint density at radius 3 is 2.47 bits per heavy atom. The van der Waals surface area contributed by atoms with Crippen LogP contribution in [0.4, 0.5) is 4.39 Å². The summed E-state index contributed by atoms with van der Waals surface area (Å²) in [7, 11) is 0. The molecule has 1 aromatic rings. The Bertz CT molecular complexity index is 364. The number of hydrogen-bond acceptors (Lipinski definition) is 1. The van der Waals surface area contributed by atoms with Crippen molar-refractivity contribution in [2.24, 2.45) is 0 Å². The van der Waals surface area contributed by atoms with Gasteiger partial charge in [-0.15, -0.1) is 0 Å². The van der Waals surface area contributed by atoms with Crippen LogP contribution in [0.2, 0.25) is 0 Å². The van der Waals surface area contributed by atoms with E-state index in [4.69, 9.17) is 0 Å². The topological polar surface area (TPSA) is 29.1 Å². The Labute approximate surface area is 88.8 Å². The molecule has 0 heterocycles. The van der Waals surface area contributed by atoms with E-state index in [0.717, 1.165) is 5.57 Å². The molecule has 15 heavy (non-hydrogen) atoms. The second-order valence-electron chi connectivity index (χ2n) is 3.50. The first-order chi connectivity index (χ1) is 7.09. The normalized spacial score (nSPS) is 9.53. The van der Waals surface area contributed by atoms with Gasteiger partial charge in [0.1, 0.15) is 5.82 Å². The Hall–Kier alpha value is -1.64. The molecule has 2 nitrogen and oxygen atoms in total. The van der Waals surface area contributed by atoms with Crippen LogP contribution in [0.5, 0.6) is 0 Å². The van der Waals surface area contributed by atoms with E-state index in [9.17, 15) is 9.18 Å². The number of benzene rings is 1. The number of hydrogen-bond donors (Lipinski definition) is 1. The van der Waals surface area contributed by atoms with E-state index in [1.807, 2.05) is 19.9 Å². The minimum absolute atomic E-state index is 0.187. The van der Waals surface area contributed by atoms with Gasteiger partial charge in [-0.05, 0) is 38.1 Å². The molecule has 0 radical (unpaired) electrons. The maximum atomic E-state index is 12.6. The first kappa shape index (κ1) is 11.4. The summed E-state index contributed by atoms with van der Waals surface area (Å²) >= 11 is 0. The molecule has 0 bridgehead atoms. The highest BCUT2D eigenvalue weighted by atomic mass is 19.1. The highest BCUT2D eigenvalue weighted by Crippen LogP contribution is 2.02. The quantitative estimate of drug-likeness (QED) is 0.758. The number of carbonyl (C=O) groups is 1. The van der Waals surface area contributed by atoms with E-state index in [-0.39, 0.29) is 11.7 Å². The van der Waals surface area contributed by atoms with E-state index < -0.39 is 0 Å². The molecule has 0 atom stereocenters. The molecule has 80 valence electrons. The van der Waals surface area contributed by atoms with Gasteiger partial charge >= 0.3 is 0 Å². The number of halogens is 1. The maximum absolute atomic E-state index is 12.6. The van der Waals surface area contributed by atoms with Gasteiger partial charge in [-0.2, -0.15) is 0 Å². The summed E-state index contributed by atoms with van der Waals surface area (Å²) in [5, 5.41) is 2.71. The monoisotopic (exact) mass is 207 g/mol. The van der Waals surface area contributed by atoms with E-state index in [1.54, 1.807) is 0 Å². The zero-order valence-electron chi connectivity index (χ0n) is 8.88. The third-order valence-corrected chi connectivity index (χ3v) is 1.88. The van der Waals surface area contributed by atoms with E-state index >= 15 is 0 Å².